The maximum absolute atomic E-state index is 11.7. The van der Waals surface area contributed by atoms with Crippen LogP contribution >= 0.6 is 0 Å². The number of unbranched alkanes of at least 4 members (excludes halogenated alkanes) is 2. The molecule has 0 amide bonds. The Balaban J connectivity index is 0. The molecule has 0 N–H and O–H groups in total. The zero-order chi connectivity index (χ0) is 18.2. The molecule has 5 heteroatoms. The smallest absolute Gasteiger partial charge is 0.306 e. The van der Waals surface area contributed by atoms with Crippen molar-refractivity contribution in [3.63, 3.8) is 0 Å². The van der Waals surface area contributed by atoms with Crippen LogP contribution in [0.2, 0.25) is 0 Å². The van der Waals surface area contributed by atoms with Gasteiger partial charge in [0.1, 0.15) is 0 Å². The zero-order valence-corrected chi connectivity index (χ0v) is 19.3. The normalized spacial score (nSPS) is 12.8. The van der Waals surface area contributed by atoms with E-state index in [1.165, 1.54) is 12.8 Å². The SMILES string of the molecule is CCCCC(CC)COC(=O)CCC(=O)OCC(CC)CCCC.[Na]. The minimum atomic E-state index is -0.292. The fourth-order valence-electron chi connectivity index (χ4n) is 2.57. The number of rotatable bonds is 15. The zero-order valence-electron chi connectivity index (χ0n) is 17.3. The Morgan fingerprint density at radius 2 is 1.08 bits per heavy atom. The molecule has 0 saturated carbocycles. The molecule has 25 heavy (non-hydrogen) atoms. The molecule has 0 aliphatic rings. The molecule has 1 radical (unpaired) electrons. The summed E-state index contributed by atoms with van der Waals surface area (Å²) in [5.74, 6) is 0.286. The molecule has 0 aromatic rings. The minimum absolute atomic E-state index is 0. The first kappa shape index (κ1) is 27.2. The van der Waals surface area contributed by atoms with Crippen molar-refractivity contribution in [1.29, 1.82) is 0 Å². The third-order valence-electron chi connectivity index (χ3n) is 4.58. The molecule has 0 spiro atoms. The van der Waals surface area contributed by atoms with Gasteiger partial charge in [-0.2, -0.15) is 0 Å². The van der Waals surface area contributed by atoms with Gasteiger partial charge in [-0.05, 0) is 24.7 Å². The average Bonchev–Trinajstić information content (AvgIpc) is 2.60. The standard InChI is InChI=1S/C20H38O4.Na/c1-5-9-11-17(7-3)15-23-19(21)13-14-20(22)24-16-18(8-4)12-10-6-2;/h17-18H,5-16H2,1-4H3;. The predicted octanol–water partition coefficient (Wildman–Crippen LogP) is 4.91. The molecule has 0 bridgehead atoms. The fourth-order valence-corrected chi connectivity index (χ4v) is 2.57. The van der Waals surface area contributed by atoms with E-state index in [0.29, 0.717) is 25.0 Å². The quantitative estimate of drug-likeness (QED) is 0.306. The van der Waals surface area contributed by atoms with Gasteiger partial charge in [0.2, 0.25) is 0 Å². The molecule has 0 aromatic heterocycles. The molecular formula is C20H38NaO4. The maximum Gasteiger partial charge on any atom is 0.306 e. The molecule has 143 valence electrons. The topological polar surface area (TPSA) is 52.6 Å². The first-order chi connectivity index (χ1) is 11.6. The van der Waals surface area contributed by atoms with Crippen LogP contribution < -0.4 is 0 Å². The van der Waals surface area contributed by atoms with Gasteiger partial charge in [-0.3, -0.25) is 9.59 Å². The number of hydrogen-bond donors (Lipinski definition) is 0. The van der Waals surface area contributed by atoms with Gasteiger partial charge in [-0.15, -0.1) is 0 Å². The van der Waals surface area contributed by atoms with Crippen molar-refractivity contribution in [2.45, 2.75) is 91.9 Å². The molecule has 0 saturated heterocycles. The van der Waals surface area contributed by atoms with E-state index in [1.807, 2.05) is 0 Å². The molecule has 0 aromatic carbocycles. The maximum atomic E-state index is 11.7. The Morgan fingerprint density at radius 1 is 0.720 bits per heavy atom. The summed E-state index contributed by atoms with van der Waals surface area (Å²) >= 11 is 0. The number of ether oxygens (including phenoxy) is 2. The van der Waals surface area contributed by atoms with Gasteiger partial charge in [0.25, 0.3) is 0 Å². The van der Waals surface area contributed by atoms with E-state index in [2.05, 4.69) is 27.7 Å². The van der Waals surface area contributed by atoms with Crippen LogP contribution in [0.3, 0.4) is 0 Å². The van der Waals surface area contributed by atoms with E-state index in [4.69, 9.17) is 9.47 Å². The number of esters is 2. The molecule has 4 nitrogen and oxygen atoms in total. The van der Waals surface area contributed by atoms with Crippen molar-refractivity contribution in [2.24, 2.45) is 11.8 Å². The monoisotopic (exact) mass is 365 g/mol. The van der Waals surface area contributed by atoms with Crippen molar-refractivity contribution >= 4 is 41.5 Å². The summed E-state index contributed by atoms with van der Waals surface area (Å²) < 4.78 is 10.6. The number of carbonyl (C=O) groups excluding carboxylic acids is 2. The van der Waals surface area contributed by atoms with E-state index in [9.17, 15) is 9.59 Å². The minimum Gasteiger partial charge on any atom is -0.465 e. The van der Waals surface area contributed by atoms with Crippen LogP contribution in [0, 0.1) is 11.8 Å². The Kier molecular flexibility index (Phi) is 20.3. The van der Waals surface area contributed by atoms with E-state index in [1.54, 1.807) is 0 Å². The van der Waals surface area contributed by atoms with Gasteiger partial charge < -0.3 is 9.47 Å². The Labute approximate surface area is 177 Å². The molecule has 2 unspecified atom stereocenters. The Bertz CT molecular complexity index is 302. The van der Waals surface area contributed by atoms with Crippen LogP contribution in [0.4, 0.5) is 0 Å². The van der Waals surface area contributed by atoms with Crippen LogP contribution in [0.15, 0.2) is 0 Å². The van der Waals surface area contributed by atoms with E-state index in [0.717, 1.165) is 38.5 Å². The average molecular weight is 366 g/mol. The van der Waals surface area contributed by atoms with E-state index < -0.39 is 0 Å². The third-order valence-corrected chi connectivity index (χ3v) is 4.58. The van der Waals surface area contributed by atoms with Crippen molar-refractivity contribution in [3.05, 3.63) is 0 Å². The largest absolute Gasteiger partial charge is 0.465 e. The van der Waals surface area contributed by atoms with E-state index in [-0.39, 0.29) is 54.3 Å². The van der Waals surface area contributed by atoms with Crippen LogP contribution in [-0.2, 0) is 19.1 Å². The second-order valence-electron chi connectivity index (χ2n) is 6.70. The van der Waals surface area contributed by atoms with Gasteiger partial charge in [0, 0.05) is 29.6 Å². The van der Waals surface area contributed by atoms with Crippen LogP contribution in [-0.4, -0.2) is 54.7 Å². The van der Waals surface area contributed by atoms with Crippen molar-refractivity contribution in [1.82, 2.24) is 0 Å². The predicted molar refractivity (Wildman–Crippen MR) is 104 cm³/mol. The van der Waals surface area contributed by atoms with Gasteiger partial charge in [0.15, 0.2) is 0 Å². The van der Waals surface area contributed by atoms with Crippen LogP contribution in [0.1, 0.15) is 91.9 Å². The number of hydrogen-bond acceptors (Lipinski definition) is 4. The Hall–Kier alpha value is -0.0600. The van der Waals surface area contributed by atoms with E-state index >= 15 is 0 Å². The fraction of sp³-hybridized carbons (Fsp3) is 0.900. The van der Waals surface area contributed by atoms with Crippen molar-refractivity contribution < 1.29 is 19.1 Å². The molecule has 0 aliphatic carbocycles. The summed E-state index contributed by atoms with van der Waals surface area (Å²) in [6.45, 7) is 9.51. The third kappa shape index (κ3) is 15.9. The number of carbonyl (C=O) groups is 2. The first-order valence-electron chi connectivity index (χ1n) is 9.88. The van der Waals surface area contributed by atoms with Gasteiger partial charge in [0.05, 0.1) is 26.1 Å². The van der Waals surface area contributed by atoms with Crippen molar-refractivity contribution in [2.75, 3.05) is 13.2 Å². The van der Waals surface area contributed by atoms with Gasteiger partial charge in [-0.25, -0.2) is 0 Å². The summed E-state index contributed by atoms with van der Waals surface area (Å²) in [4.78, 5) is 23.5. The molecule has 0 rings (SSSR count). The second kappa shape index (κ2) is 18.7. The Morgan fingerprint density at radius 3 is 1.36 bits per heavy atom. The van der Waals surface area contributed by atoms with Crippen LogP contribution in [0.25, 0.3) is 0 Å². The molecule has 2 atom stereocenters. The van der Waals surface area contributed by atoms with Crippen molar-refractivity contribution in [3.8, 4) is 0 Å². The summed E-state index contributed by atoms with van der Waals surface area (Å²) in [5.41, 5.74) is 0. The second-order valence-corrected chi connectivity index (χ2v) is 6.70. The molecule has 0 heterocycles. The summed E-state index contributed by atoms with van der Waals surface area (Å²) in [6.07, 6.45) is 9.12. The molecule has 0 fully saturated rings. The van der Waals surface area contributed by atoms with Gasteiger partial charge >= 0.3 is 11.9 Å². The summed E-state index contributed by atoms with van der Waals surface area (Å²) in [7, 11) is 0. The summed E-state index contributed by atoms with van der Waals surface area (Å²) in [5, 5.41) is 0. The molecule has 0 aliphatic heterocycles. The summed E-state index contributed by atoms with van der Waals surface area (Å²) in [6, 6.07) is 0. The van der Waals surface area contributed by atoms with Crippen LogP contribution in [0.5, 0.6) is 0 Å². The molecular weight excluding hydrogens is 327 g/mol. The van der Waals surface area contributed by atoms with Gasteiger partial charge in [-0.1, -0.05) is 66.2 Å². The first-order valence-corrected chi connectivity index (χ1v) is 9.88.